The summed E-state index contributed by atoms with van der Waals surface area (Å²) in [4.78, 5) is 11.3. The highest BCUT2D eigenvalue weighted by atomic mass is 35.5. The van der Waals surface area contributed by atoms with Crippen molar-refractivity contribution >= 4 is 17.6 Å². The zero-order valence-corrected chi connectivity index (χ0v) is 11.7. The van der Waals surface area contributed by atoms with Crippen LogP contribution in [0.3, 0.4) is 0 Å². The number of carboxylic acids is 1. The van der Waals surface area contributed by atoms with Crippen LogP contribution in [0.4, 0.5) is 0 Å². The number of nitrogens with two attached hydrogens (primary N) is 1. The molecular formula is C12H16ClNO5. The van der Waals surface area contributed by atoms with Gasteiger partial charge >= 0.3 is 5.97 Å². The van der Waals surface area contributed by atoms with Gasteiger partial charge in [-0.3, -0.25) is 4.79 Å². The molecule has 0 aliphatic heterocycles. The Morgan fingerprint density at radius 2 is 1.89 bits per heavy atom. The van der Waals surface area contributed by atoms with Crippen molar-refractivity contribution in [3.8, 4) is 17.2 Å². The van der Waals surface area contributed by atoms with E-state index in [1.165, 1.54) is 27.4 Å². The lowest BCUT2D eigenvalue weighted by Crippen LogP contribution is -2.22. The third-order valence-corrected chi connectivity index (χ3v) is 2.98. The predicted molar refractivity (Wildman–Crippen MR) is 70.5 cm³/mol. The number of carboxylic acid groups (broad SMARTS) is 1. The lowest BCUT2D eigenvalue weighted by molar-refractivity contribution is -0.138. The van der Waals surface area contributed by atoms with Gasteiger partial charge in [0.1, 0.15) is 11.7 Å². The van der Waals surface area contributed by atoms with Crippen molar-refractivity contribution in [1.82, 2.24) is 0 Å². The molecule has 1 aromatic rings. The summed E-state index contributed by atoms with van der Waals surface area (Å²) < 4.78 is 15.5. The molecule has 19 heavy (non-hydrogen) atoms. The molecule has 0 amide bonds. The van der Waals surface area contributed by atoms with Crippen molar-refractivity contribution in [3.63, 3.8) is 0 Å². The van der Waals surface area contributed by atoms with Crippen molar-refractivity contribution in [1.29, 1.82) is 0 Å². The van der Waals surface area contributed by atoms with E-state index in [1.807, 2.05) is 0 Å². The normalized spacial score (nSPS) is 11.8. The van der Waals surface area contributed by atoms with Crippen molar-refractivity contribution in [2.75, 3.05) is 27.9 Å². The summed E-state index contributed by atoms with van der Waals surface area (Å²) in [6.45, 7) is -0.119. The lowest BCUT2D eigenvalue weighted by atomic mass is 9.96. The van der Waals surface area contributed by atoms with Gasteiger partial charge in [0.25, 0.3) is 0 Å². The predicted octanol–water partition coefficient (Wildman–Crippen LogP) is 1.49. The molecule has 0 fully saturated rings. The first kappa shape index (κ1) is 15.4. The number of hydrogen-bond acceptors (Lipinski definition) is 5. The smallest absolute Gasteiger partial charge is 0.312 e. The molecular weight excluding hydrogens is 274 g/mol. The van der Waals surface area contributed by atoms with Crippen LogP contribution in [0.25, 0.3) is 0 Å². The molecule has 1 aromatic carbocycles. The van der Waals surface area contributed by atoms with Crippen molar-refractivity contribution in [3.05, 3.63) is 16.7 Å². The minimum atomic E-state index is -1.09. The van der Waals surface area contributed by atoms with Crippen molar-refractivity contribution in [2.24, 2.45) is 5.73 Å². The van der Waals surface area contributed by atoms with E-state index in [2.05, 4.69) is 0 Å². The summed E-state index contributed by atoms with van der Waals surface area (Å²) in [5.41, 5.74) is 5.79. The first-order valence-corrected chi connectivity index (χ1v) is 5.80. The van der Waals surface area contributed by atoms with Crippen LogP contribution in [0, 0.1) is 0 Å². The minimum absolute atomic E-state index is 0.119. The molecule has 6 nitrogen and oxygen atoms in total. The first-order valence-electron chi connectivity index (χ1n) is 5.43. The number of methoxy groups -OCH3 is 3. The minimum Gasteiger partial charge on any atom is -0.495 e. The molecule has 3 N–H and O–H groups in total. The largest absolute Gasteiger partial charge is 0.495 e. The Balaban J connectivity index is 3.64. The molecule has 0 radical (unpaired) electrons. The third-order valence-electron chi connectivity index (χ3n) is 2.70. The first-order chi connectivity index (χ1) is 9.01. The van der Waals surface area contributed by atoms with Crippen LogP contribution in [-0.4, -0.2) is 38.9 Å². The average Bonchev–Trinajstić information content (AvgIpc) is 2.38. The highest BCUT2D eigenvalue weighted by molar-refractivity contribution is 6.32. The van der Waals surface area contributed by atoms with Gasteiger partial charge in [0.2, 0.25) is 0 Å². The summed E-state index contributed by atoms with van der Waals surface area (Å²) in [6.07, 6.45) is 0. The fraction of sp³-hybridized carbons (Fsp3) is 0.417. The third kappa shape index (κ3) is 2.85. The van der Waals surface area contributed by atoms with Crippen LogP contribution in [0.5, 0.6) is 17.2 Å². The van der Waals surface area contributed by atoms with Gasteiger partial charge < -0.3 is 25.1 Å². The zero-order valence-electron chi connectivity index (χ0n) is 10.9. The van der Waals surface area contributed by atoms with Crippen LogP contribution < -0.4 is 19.9 Å². The van der Waals surface area contributed by atoms with E-state index in [0.717, 1.165) is 0 Å². The summed E-state index contributed by atoms with van der Waals surface area (Å²) in [6, 6.07) is 1.50. The van der Waals surface area contributed by atoms with Gasteiger partial charge in [-0.1, -0.05) is 11.6 Å². The quantitative estimate of drug-likeness (QED) is 0.824. The number of benzene rings is 1. The maximum atomic E-state index is 11.3. The number of rotatable bonds is 6. The molecule has 0 aromatic heterocycles. The molecule has 1 atom stereocenters. The topological polar surface area (TPSA) is 91.0 Å². The summed E-state index contributed by atoms with van der Waals surface area (Å²) in [7, 11) is 4.23. The van der Waals surface area contributed by atoms with E-state index in [1.54, 1.807) is 0 Å². The number of ether oxygens (including phenoxy) is 3. The Hall–Kier alpha value is -1.66. The van der Waals surface area contributed by atoms with E-state index in [-0.39, 0.29) is 28.6 Å². The van der Waals surface area contributed by atoms with Gasteiger partial charge in [-0.15, -0.1) is 0 Å². The fourth-order valence-electron chi connectivity index (χ4n) is 1.84. The molecule has 0 aliphatic carbocycles. The number of aliphatic carboxylic acids is 1. The Labute approximate surface area is 116 Å². The number of carbonyl (C=O) groups is 1. The highest BCUT2D eigenvalue weighted by Crippen LogP contribution is 2.46. The van der Waals surface area contributed by atoms with Gasteiger partial charge in [0.15, 0.2) is 11.5 Å². The molecule has 0 bridgehead atoms. The van der Waals surface area contributed by atoms with E-state index in [4.69, 9.17) is 31.5 Å². The number of halogens is 1. The molecule has 0 saturated carbocycles. The van der Waals surface area contributed by atoms with Crippen LogP contribution in [0.1, 0.15) is 11.5 Å². The Kier molecular flexibility index (Phi) is 5.26. The van der Waals surface area contributed by atoms with Crippen molar-refractivity contribution in [2.45, 2.75) is 5.92 Å². The molecule has 0 heterocycles. The fourth-order valence-corrected chi connectivity index (χ4v) is 2.12. The van der Waals surface area contributed by atoms with Gasteiger partial charge in [0.05, 0.1) is 31.9 Å². The number of hydrogen-bond donors (Lipinski definition) is 2. The molecule has 0 aliphatic rings. The Bertz CT molecular complexity index is 478. The lowest BCUT2D eigenvalue weighted by Gasteiger charge is -2.21. The maximum absolute atomic E-state index is 11.3. The molecule has 1 unspecified atom stereocenters. The molecule has 0 saturated heterocycles. The molecule has 0 spiro atoms. The summed E-state index contributed by atoms with van der Waals surface area (Å²) in [5.74, 6) is -1.30. The second-order valence-electron chi connectivity index (χ2n) is 3.67. The van der Waals surface area contributed by atoms with Gasteiger partial charge in [-0.05, 0) is 0 Å². The van der Waals surface area contributed by atoms with Crippen LogP contribution in [0.2, 0.25) is 5.02 Å². The van der Waals surface area contributed by atoms with E-state index >= 15 is 0 Å². The zero-order chi connectivity index (χ0) is 14.6. The van der Waals surface area contributed by atoms with Gasteiger partial charge in [-0.25, -0.2) is 0 Å². The Morgan fingerprint density at radius 1 is 1.32 bits per heavy atom. The standard InChI is InChI=1S/C12H16ClNO5/c1-17-8-4-7(13)10(18-2)9(11(8)19-3)6(5-14)12(15)16/h4,6H,5,14H2,1-3H3,(H,15,16). The van der Waals surface area contributed by atoms with Gasteiger partial charge in [-0.2, -0.15) is 0 Å². The van der Waals surface area contributed by atoms with Crippen LogP contribution >= 0.6 is 11.6 Å². The highest BCUT2D eigenvalue weighted by Gasteiger charge is 2.30. The summed E-state index contributed by atoms with van der Waals surface area (Å²) in [5, 5.41) is 9.48. The molecule has 106 valence electrons. The van der Waals surface area contributed by atoms with Gasteiger partial charge in [0, 0.05) is 12.6 Å². The van der Waals surface area contributed by atoms with E-state index < -0.39 is 11.9 Å². The van der Waals surface area contributed by atoms with Crippen LogP contribution in [0.15, 0.2) is 6.07 Å². The molecule has 1 rings (SSSR count). The second kappa shape index (κ2) is 6.49. The maximum Gasteiger partial charge on any atom is 0.312 e. The Morgan fingerprint density at radius 3 is 2.26 bits per heavy atom. The molecule has 7 heteroatoms. The average molecular weight is 290 g/mol. The summed E-state index contributed by atoms with van der Waals surface area (Å²) >= 11 is 6.05. The monoisotopic (exact) mass is 289 g/mol. The second-order valence-corrected chi connectivity index (χ2v) is 4.07. The van der Waals surface area contributed by atoms with E-state index in [9.17, 15) is 9.90 Å². The van der Waals surface area contributed by atoms with E-state index in [0.29, 0.717) is 5.75 Å². The SMILES string of the molecule is COc1cc(Cl)c(OC)c(C(CN)C(=O)O)c1OC. The van der Waals surface area contributed by atoms with Crippen molar-refractivity contribution < 1.29 is 24.1 Å². The van der Waals surface area contributed by atoms with Crippen LogP contribution in [-0.2, 0) is 4.79 Å².